The van der Waals surface area contributed by atoms with Crippen molar-refractivity contribution in [3.8, 4) is 0 Å². The van der Waals surface area contributed by atoms with Crippen LogP contribution in [0.15, 0.2) is 30.3 Å². The van der Waals surface area contributed by atoms with E-state index >= 15 is 0 Å². The normalized spacial score (nSPS) is 32.0. The Hall–Kier alpha value is -0.860. The molecule has 1 heterocycles. The van der Waals surface area contributed by atoms with E-state index in [0.717, 1.165) is 4.48 Å². The molecule has 0 aliphatic carbocycles. The summed E-state index contributed by atoms with van der Waals surface area (Å²) in [6.07, 6.45) is 0.508. The minimum absolute atomic E-state index is 0.221. The van der Waals surface area contributed by atoms with Crippen LogP contribution in [0, 0.1) is 5.92 Å². The van der Waals surface area contributed by atoms with Gasteiger partial charge in [-0.05, 0) is 12.5 Å². The third-order valence-electron chi connectivity index (χ3n) is 4.13. The first kappa shape index (κ1) is 12.6. The Balaban J connectivity index is 2.29. The largest absolute Gasteiger partial charge is 0.315 e. The molecule has 0 amide bonds. The predicted octanol–water partition coefficient (Wildman–Crippen LogP) is 3.20. The summed E-state index contributed by atoms with van der Waals surface area (Å²) >= 11 is 0. The van der Waals surface area contributed by atoms with E-state index in [1.807, 2.05) is 0 Å². The average Bonchev–Trinajstić information content (AvgIpc) is 2.52. The zero-order chi connectivity index (χ0) is 12.6. The van der Waals surface area contributed by atoms with Crippen molar-refractivity contribution in [3.63, 3.8) is 0 Å². The molecule has 0 radical (unpaired) electrons. The van der Waals surface area contributed by atoms with Gasteiger partial charge in [-0.2, -0.15) is 0 Å². The lowest BCUT2D eigenvalue weighted by atomic mass is 10.0. The fraction of sp³-hybridized carbons (Fsp3) is 0.600. The van der Waals surface area contributed by atoms with Crippen LogP contribution in [0.4, 0.5) is 0 Å². The molecule has 17 heavy (non-hydrogen) atoms. The molecule has 0 saturated carbocycles. The van der Waals surface area contributed by atoms with Gasteiger partial charge in [-0.15, -0.1) is 0 Å². The van der Waals surface area contributed by atoms with Crippen molar-refractivity contribution in [1.29, 1.82) is 0 Å². The lowest BCUT2D eigenvalue weighted by Crippen LogP contribution is -2.51. The van der Waals surface area contributed by atoms with Crippen LogP contribution < -0.4 is 0 Å². The number of hydrogen-bond donors (Lipinski definition) is 0. The summed E-state index contributed by atoms with van der Waals surface area (Å²) < 4.78 is 7.25. The van der Waals surface area contributed by atoms with Crippen molar-refractivity contribution >= 4 is 0 Å². The highest BCUT2D eigenvalue weighted by atomic mass is 16.5. The lowest BCUT2D eigenvalue weighted by molar-refractivity contribution is -0.938. The number of nitrogens with zero attached hydrogens (tertiary/aromatic N) is 1. The summed E-state index contributed by atoms with van der Waals surface area (Å²) in [5.41, 5.74) is 1.30. The van der Waals surface area contributed by atoms with E-state index in [9.17, 15) is 0 Å². The van der Waals surface area contributed by atoms with E-state index in [2.05, 4.69) is 65.2 Å². The topological polar surface area (TPSA) is 9.23 Å². The van der Waals surface area contributed by atoms with Gasteiger partial charge in [-0.1, -0.05) is 44.2 Å². The van der Waals surface area contributed by atoms with Gasteiger partial charge in [0, 0.05) is 5.92 Å². The second-order valence-electron chi connectivity index (χ2n) is 5.97. The van der Waals surface area contributed by atoms with Crippen LogP contribution in [0.2, 0.25) is 0 Å². The first-order valence-corrected chi connectivity index (χ1v) is 6.48. The first-order chi connectivity index (χ1) is 7.94. The second-order valence-corrected chi connectivity index (χ2v) is 5.97. The van der Waals surface area contributed by atoms with Crippen LogP contribution in [0.3, 0.4) is 0 Å². The Morgan fingerprint density at radius 3 is 2.18 bits per heavy atom. The predicted molar refractivity (Wildman–Crippen MR) is 70.5 cm³/mol. The lowest BCUT2D eigenvalue weighted by Gasteiger charge is -2.35. The molecule has 0 bridgehead atoms. The molecule has 0 spiro atoms. The zero-order valence-corrected chi connectivity index (χ0v) is 11.6. The van der Waals surface area contributed by atoms with Gasteiger partial charge in [0.1, 0.15) is 12.1 Å². The molecule has 0 unspecified atom stereocenters. The highest BCUT2D eigenvalue weighted by Gasteiger charge is 2.49. The molecule has 2 rings (SSSR count). The maximum absolute atomic E-state index is 6.31. The van der Waals surface area contributed by atoms with Crippen LogP contribution in [-0.2, 0) is 4.74 Å². The molecule has 2 nitrogen and oxygen atoms in total. The third kappa shape index (κ3) is 2.12. The molecular weight excluding hydrogens is 210 g/mol. The third-order valence-corrected chi connectivity index (χ3v) is 4.13. The molecule has 2 heteroatoms. The van der Waals surface area contributed by atoms with Crippen molar-refractivity contribution in [3.05, 3.63) is 35.9 Å². The van der Waals surface area contributed by atoms with E-state index in [1.54, 1.807) is 0 Å². The van der Waals surface area contributed by atoms with Crippen LogP contribution >= 0.6 is 0 Å². The fourth-order valence-electron chi connectivity index (χ4n) is 2.93. The van der Waals surface area contributed by atoms with Crippen molar-refractivity contribution in [1.82, 2.24) is 0 Å². The Labute approximate surface area is 105 Å². The summed E-state index contributed by atoms with van der Waals surface area (Å²) in [6, 6.07) is 11.1. The van der Waals surface area contributed by atoms with Crippen LogP contribution in [-0.4, -0.2) is 30.8 Å². The highest BCUT2D eigenvalue weighted by molar-refractivity contribution is 5.19. The Morgan fingerprint density at radius 2 is 1.71 bits per heavy atom. The van der Waals surface area contributed by atoms with Gasteiger partial charge in [0.2, 0.25) is 0 Å². The number of quaternary nitrogens is 1. The first-order valence-electron chi connectivity index (χ1n) is 6.48. The van der Waals surface area contributed by atoms with Crippen molar-refractivity contribution in [2.75, 3.05) is 14.1 Å². The van der Waals surface area contributed by atoms with Crippen molar-refractivity contribution in [2.24, 2.45) is 5.92 Å². The maximum atomic E-state index is 6.31. The number of hydrogen-bond acceptors (Lipinski definition) is 1. The molecule has 3 atom stereocenters. The smallest absolute Gasteiger partial charge is 0.196 e. The van der Waals surface area contributed by atoms with Crippen LogP contribution in [0.25, 0.3) is 0 Å². The monoisotopic (exact) mass is 234 g/mol. The van der Waals surface area contributed by atoms with Crippen molar-refractivity contribution < 1.29 is 9.22 Å². The van der Waals surface area contributed by atoms with E-state index in [-0.39, 0.29) is 12.3 Å². The molecule has 1 fully saturated rings. The number of rotatable bonds is 2. The minimum atomic E-state index is 0.221. The summed E-state index contributed by atoms with van der Waals surface area (Å²) in [5, 5.41) is 0. The molecule has 94 valence electrons. The summed E-state index contributed by atoms with van der Waals surface area (Å²) in [4.78, 5) is 0. The van der Waals surface area contributed by atoms with Gasteiger partial charge in [0.15, 0.2) is 6.23 Å². The second kappa shape index (κ2) is 4.43. The van der Waals surface area contributed by atoms with Gasteiger partial charge in [0.05, 0.1) is 14.1 Å². The van der Waals surface area contributed by atoms with E-state index < -0.39 is 0 Å². The molecular formula is C15H24NO+. The Kier molecular flexibility index (Phi) is 3.28. The minimum Gasteiger partial charge on any atom is -0.315 e. The molecule has 1 aliphatic heterocycles. The highest BCUT2D eigenvalue weighted by Crippen LogP contribution is 2.40. The summed E-state index contributed by atoms with van der Waals surface area (Å²) in [5.74, 6) is 0.543. The van der Waals surface area contributed by atoms with Gasteiger partial charge >= 0.3 is 0 Å². The van der Waals surface area contributed by atoms with E-state index in [0.29, 0.717) is 12.0 Å². The molecule has 1 aliphatic rings. The molecule has 1 aromatic rings. The van der Waals surface area contributed by atoms with Crippen molar-refractivity contribution in [2.45, 2.75) is 39.1 Å². The van der Waals surface area contributed by atoms with Crippen LogP contribution in [0.5, 0.6) is 0 Å². The quantitative estimate of drug-likeness (QED) is 0.714. The average molecular weight is 234 g/mol. The van der Waals surface area contributed by atoms with E-state index in [1.165, 1.54) is 5.56 Å². The Bertz CT molecular complexity index is 372. The SMILES string of the molecule is CC(C)[C@H]1O[C@@H](c2ccccc2)[C@@H](C)[N+]1(C)C. The zero-order valence-electron chi connectivity index (χ0n) is 11.6. The summed E-state index contributed by atoms with van der Waals surface area (Å²) in [7, 11) is 4.55. The number of ether oxygens (including phenoxy) is 1. The summed E-state index contributed by atoms with van der Waals surface area (Å²) in [6.45, 7) is 6.77. The van der Waals surface area contributed by atoms with Crippen LogP contribution in [0.1, 0.15) is 32.4 Å². The fourth-order valence-corrected chi connectivity index (χ4v) is 2.93. The van der Waals surface area contributed by atoms with Gasteiger partial charge in [0.25, 0.3) is 0 Å². The van der Waals surface area contributed by atoms with Gasteiger partial charge in [-0.25, -0.2) is 0 Å². The maximum Gasteiger partial charge on any atom is 0.196 e. The number of benzene rings is 1. The molecule has 0 aromatic heterocycles. The van der Waals surface area contributed by atoms with Gasteiger partial charge < -0.3 is 4.74 Å². The van der Waals surface area contributed by atoms with E-state index in [4.69, 9.17) is 4.74 Å². The standard InChI is InChI=1S/C15H24NO/c1-11(2)15-16(4,5)12(3)14(17-15)13-9-7-6-8-10-13/h6-12,14-15H,1-5H3/q+1/t12-,14-,15-/m1/s1. The van der Waals surface area contributed by atoms with Gasteiger partial charge in [-0.3, -0.25) is 4.48 Å². The molecule has 1 aromatic carbocycles. The number of likely N-dealkylation sites (N-methyl/N-ethyl adjacent to an activating group) is 1. The molecule has 0 N–H and O–H groups in total. The molecule has 1 saturated heterocycles. The Morgan fingerprint density at radius 1 is 1.12 bits per heavy atom.